The normalized spacial score (nSPS) is 18.6. The standard InChI is InChI=1S/C11H12N2O3/c1-13-8-4-7(11(12)5-15-6-11)2-3-9(8)16-10(13)14/h2-4H,5-6,12H2,1H3. The summed E-state index contributed by atoms with van der Waals surface area (Å²) in [4.78, 5) is 11.3. The van der Waals surface area contributed by atoms with Crippen LogP contribution in [0.15, 0.2) is 27.4 Å². The van der Waals surface area contributed by atoms with Crippen LogP contribution in [0.5, 0.6) is 0 Å². The van der Waals surface area contributed by atoms with Crippen molar-refractivity contribution in [1.82, 2.24) is 4.57 Å². The van der Waals surface area contributed by atoms with Crippen LogP contribution in [-0.4, -0.2) is 17.8 Å². The van der Waals surface area contributed by atoms with Gasteiger partial charge >= 0.3 is 5.76 Å². The predicted molar refractivity (Wildman–Crippen MR) is 58.1 cm³/mol. The highest BCUT2D eigenvalue weighted by Gasteiger charge is 2.36. The molecule has 0 atom stereocenters. The van der Waals surface area contributed by atoms with E-state index in [1.165, 1.54) is 4.57 Å². The summed E-state index contributed by atoms with van der Waals surface area (Å²) in [6.45, 7) is 1.04. The predicted octanol–water partition coefficient (Wildman–Crippen LogP) is 0.316. The number of oxazole rings is 1. The van der Waals surface area contributed by atoms with Gasteiger partial charge in [0.25, 0.3) is 0 Å². The lowest BCUT2D eigenvalue weighted by Crippen LogP contribution is -2.54. The second kappa shape index (κ2) is 2.96. The number of aromatic nitrogens is 1. The second-order valence-corrected chi connectivity index (χ2v) is 4.26. The van der Waals surface area contributed by atoms with E-state index in [2.05, 4.69) is 0 Å². The van der Waals surface area contributed by atoms with Crippen LogP contribution in [0.1, 0.15) is 5.56 Å². The molecule has 16 heavy (non-hydrogen) atoms. The molecule has 84 valence electrons. The van der Waals surface area contributed by atoms with E-state index in [0.29, 0.717) is 18.8 Å². The van der Waals surface area contributed by atoms with E-state index in [-0.39, 0.29) is 5.76 Å². The van der Waals surface area contributed by atoms with Crippen molar-refractivity contribution in [1.29, 1.82) is 0 Å². The molecule has 2 N–H and O–H groups in total. The highest BCUT2D eigenvalue weighted by molar-refractivity contribution is 5.74. The number of benzene rings is 1. The maximum Gasteiger partial charge on any atom is 0.419 e. The Labute approximate surface area is 91.4 Å². The van der Waals surface area contributed by atoms with Crippen molar-refractivity contribution >= 4 is 11.1 Å². The average molecular weight is 220 g/mol. The summed E-state index contributed by atoms with van der Waals surface area (Å²) < 4.78 is 11.7. The molecule has 0 aliphatic carbocycles. The first-order valence-corrected chi connectivity index (χ1v) is 5.07. The Morgan fingerprint density at radius 2 is 2.19 bits per heavy atom. The van der Waals surface area contributed by atoms with Crippen LogP contribution in [0.25, 0.3) is 11.1 Å². The number of ether oxygens (including phenoxy) is 1. The minimum atomic E-state index is -0.415. The van der Waals surface area contributed by atoms with E-state index < -0.39 is 5.54 Å². The van der Waals surface area contributed by atoms with Gasteiger partial charge in [0, 0.05) is 7.05 Å². The van der Waals surface area contributed by atoms with Gasteiger partial charge in [-0.25, -0.2) is 4.79 Å². The second-order valence-electron chi connectivity index (χ2n) is 4.26. The summed E-state index contributed by atoms with van der Waals surface area (Å²) in [6, 6.07) is 5.55. The summed E-state index contributed by atoms with van der Waals surface area (Å²) >= 11 is 0. The molecule has 0 radical (unpaired) electrons. The molecule has 5 nitrogen and oxygen atoms in total. The summed E-state index contributed by atoms with van der Waals surface area (Å²) in [6.07, 6.45) is 0. The topological polar surface area (TPSA) is 70.4 Å². The monoisotopic (exact) mass is 220 g/mol. The SMILES string of the molecule is Cn1c(=O)oc2ccc(C3(N)COC3)cc21. The molecule has 2 aromatic rings. The number of hydrogen-bond donors (Lipinski definition) is 1. The number of fused-ring (bicyclic) bond motifs is 1. The van der Waals surface area contributed by atoms with Crippen molar-refractivity contribution in [2.75, 3.05) is 13.2 Å². The maximum absolute atomic E-state index is 11.3. The average Bonchev–Trinajstić information content (AvgIpc) is 2.51. The van der Waals surface area contributed by atoms with E-state index >= 15 is 0 Å². The third-order valence-electron chi connectivity index (χ3n) is 3.09. The fourth-order valence-corrected chi connectivity index (χ4v) is 1.93. The van der Waals surface area contributed by atoms with Gasteiger partial charge in [-0.2, -0.15) is 0 Å². The Morgan fingerprint density at radius 3 is 2.81 bits per heavy atom. The van der Waals surface area contributed by atoms with Gasteiger partial charge in [0.2, 0.25) is 0 Å². The Morgan fingerprint density at radius 1 is 1.44 bits per heavy atom. The van der Waals surface area contributed by atoms with Gasteiger partial charge in [0.05, 0.1) is 24.3 Å². The lowest BCUT2D eigenvalue weighted by molar-refractivity contribution is -0.0568. The van der Waals surface area contributed by atoms with Gasteiger partial charge in [-0.1, -0.05) is 6.07 Å². The van der Waals surface area contributed by atoms with Crippen LogP contribution in [0.4, 0.5) is 0 Å². The maximum atomic E-state index is 11.3. The third kappa shape index (κ3) is 1.15. The van der Waals surface area contributed by atoms with Gasteiger partial charge in [-0.05, 0) is 17.7 Å². The molecule has 0 saturated carbocycles. The quantitative estimate of drug-likeness (QED) is 0.751. The zero-order valence-electron chi connectivity index (χ0n) is 8.90. The Bertz CT molecular complexity index is 607. The van der Waals surface area contributed by atoms with Gasteiger partial charge in [0.15, 0.2) is 5.58 Å². The van der Waals surface area contributed by atoms with E-state index in [9.17, 15) is 4.79 Å². The summed E-state index contributed by atoms with van der Waals surface area (Å²) in [7, 11) is 1.68. The third-order valence-corrected chi connectivity index (χ3v) is 3.09. The number of hydrogen-bond acceptors (Lipinski definition) is 4. The molecular weight excluding hydrogens is 208 g/mol. The van der Waals surface area contributed by atoms with Crippen molar-refractivity contribution in [2.45, 2.75) is 5.54 Å². The van der Waals surface area contributed by atoms with E-state index in [4.69, 9.17) is 14.9 Å². The molecule has 0 spiro atoms. The number of aryl methyl sites for hydroxylation is 1. The lowest BCUT2D eigenvalue weighted by atomic mass is 9.89. The lowest BCUT2D eigenvalue weighted by Gasteiger charge is -2.38. The van der Waals surface area contributed by atoms with E-state index in [1.807, 2.05) is 12.1 Å². The molecule has 5 heteroatoms. The smallest absolute Gasteiger partial charge is 0.408 e. The minimum Gasteiger partial charge on any atom is -0.408 e. The van der Waals surface area contributed by atoms with Crippen molar-refractivity contribution in [3.63, 3.8) is 0 Å². The van der Waals surface area contributed by atoms with Crippen molar-refractivity contribution < 1.29 is 9.15 Å². The van der Waals surface area contributed by atoms with Gasteiger partial charge in [0.1, 0.15) is 0 Å². The van der Waals surface area contributed by atoms with Crippen LogP contribution in [0.3, 0.4) is 0 Å². The zero-order valence-corrected chi connectivity index (χ0v) is 8.90. The first-order valence-electron chi connectivity index (χ1n) is 5.07. The van der Waals surface area contributed by atoms with E-state index in [1.54, 1.807) is 13.1 Å². The molecule has 1 aliphatic heterocycles. The van der Waals surface area contributed by atoms with Crippen LogP contribution >= 0.6 is 0 Å². The minimum absolute atomic E-state index is 0.358. The largest absolute Gasteiger partial charge is 0.419 e. The molecular formula is C11H12N2O3. The Kier molecular flexibility index (Phi) is 1.78. The first-order chi connectivity index (χ1) is 7.60. The number of nitrogens with zero attached hydrogens (tertiary/aromatic N) is 1. The van der Waals surface area contributed by atoms with Gasteiger partial charge in [-0.3, -0.25) is 4.57 Å². The fourth-order valence-electron chi connectivity index (χ4n) is 1.93. The molecule has 1 aromatic carbocycles. The number of rotatable bonds is 1. The van der Waals surface area contributed by atoms with Gasteiger partial charge in [-0.15, -0.1) is 0 Å². The molecule has 0 bridgehead atoms. The summed E-state index contributed by atoms with van der Waals surface area (Å²) in [5, 5.41) is 0. The molecule has 2 heterocycles. The molecule has 0 amide bonds. The van der Waals surface area contributed by atoms with Gasteiger partial charge < -0.3 is 14.9 Å². The Balaban J connectivity index is 2.22. The highest BCUT2D eigenvalue weighted by atomic mass is 16.5. The summed E-state index contributed by atoms with van der Waals surface area (Å²) in [5.41, 5.74) is 8.04. The number of nitrogens with two attached hydrogens (primary N) is 1. The van der Waals surface area contributed by atoms with Crippen molar-refractivity contribution in [2.24, 2.45) is 12.8 Å². The highest BCUT2D eigenvalue weighted by Crippen LogP contribution is 2.28. The molecule has 1 aromatic heterocycles. The van der Waals surface area contributed by atoms with E-state index in [0.717, 1.165) is 11.1 Å². The van der Waals surface area contributed by atoms with Crippen LogP contribution in [-0.2, 0) is 17.3 Å². The Hall–Kier alpha value is -1.59. The van der Waals surface area contributed by atoms with Crippen LogP contribution in [0.2, 0.25) is 0 Å². The van der Waals surface area contributed by atoms with Crippen LogP contribution in [0, 0.1) is 0 Å². The molecule has 1 aliphatic rings. The first kappa shape index (κ1) is 9.62. The van der Waals surface area contributed by atoms with Crippen molar-refractivity contribution in [3.05, 3.63) is 34.3 Å². The fraction of sp³-hybridized carbons (Fsp3) is 0.364. The zero-order chi connectivity index (χ0) is 11.3. The molecule has 0 unspecified atom stereocenters. The van der Waals surface area contributed by atoms with Crippen molar-refractivity contribution in [3.8, 4) is 0 Å². The summed E-state index contributed by atoms with van der Waals surface area (Å²) in [5.74, 6) is -0.358. The van der Waals surface area contributed by atoms with Crippen LogP contribution < -0.4 is 11.5 Å². The molecule has 1 saturated heterocycles. The molecule has 3 rings (SSSR count). The molecule has 1 fully saturated rings.